The van der Waals surface area contributed by atoms with E-state index in [9.17, 15) is 9.18 Å². The van der Waals surface area contributed by atoms with E-state index in [0.717, 1.165) is 6.07 Å². The summed E-state index contributed by atoms with van der Waals surface area (Å²) in [5, 5.41) is 8.91. The zero-order valence-electron chi connectivity index (χ0n) is 8.24. The lowest BCUT2D eigenvalue weighted by Gasteiger charge is -1.97. The first kappa shape index (κ1) is 11.2. The number of hydrogen-bond donors (Lipinski definition) is 1. The molecule has 0 amide bonds. The van der Waals surface area contributed by atoms with Crippen molar-refractivity contribution in [2.24, 2.45) is 0 Å². The highest BCUT2D eigenvalue weighted by Crippen LogP contribution is 2.16. The molecule has 1 aromatic rings. The van der Waals surface area contributed by atoms with Gasteiger partial charge in [-0.3, -0.25) is 0 Å². The molecule has 0 aliphatic carbocycles. The van der Waals surface area contributed by atoms with Crippen LogP contribution in [0.15, 0.2) is 24.3 Å². The number of ether oxygens (including phenoxy) is 1. The van der Waals surface area contributed by atoms with Crippen LogP contribution in [-0.2, 0) is 9.53 Å². The van der Waals surface area contributed by atoms with Gasteiger partial charge in [0.1, 0.15) is 0 Å². The second kappa shape index (κ2) is 5.14. The third-order valence-corrected chi connectivity index (χ3v) is 1.67. The summed E-state index contributed by atoms with van der Waals surface area (Å²) in [7, 11) is 0. The monoisotopic (exact) mass is 210 g/mol. The van der Waals surface area contributed by atoms with Crippen molar-refractivity contribution in [2.45, 2.75) is 6.92 Å². The van der Waals surface area contributed by atoms with Crippen molar-refractivity contribution >= 4 is 12.0 Å². The molecule has 15 heavy (non-hydrogen) atoms. The summed E-state index contributed by atoms with van der Waals surface area (Å²) >= 11 is 0. The van der Waals surface area contributed by atoms with Gasteiger partial charge in [-0.15, -0.1) is 0 Å². The molecule has 0 aromatic heterocycles. The molecule has 0 bridgehead atoms. The molecule has 4 heteroatoms. The Labute approximate surface area is 86.8 Å². The van der Waals surface area contributed by atoms with Gasteiger partial charge in [0, 0.05) is 6.08 Å². The van der Waals surface area contributed by atoms with Gasteiger partial charge in [0.15, 0.2) is 11.6 Å². The van der Waals surface area contributed by atoms with Gasteiger partial charge in [-0.05, 0) is 30.7 Å². The summed E-state index contributed by atoms with van der Waals surface area (Å²) in [6, 6.07) is 3.85. The molecular weight excluding hydrogens is 199 g/mol. The molecule has 0 aliphatic rings. The minimum atomic E-state index is -0.721. The predicted octanol–water partition coefficient (Wildman–Crippen LogP) is 2.11. The highest BCUT2D eigenvalue weighted by Gasteiger charge is 1.99. The molecule has 3 nitrogen and oxygen atoms in total. The number of halogens is 1. The summed E-state index contributed by atoms with van der Waals surface area (Å²) in [6.07, 6.45) is 2.62. The van der Waals surface area contributed by atoms with Crippen LogP contribution in [0, 0.1) is 5.82 Å². The van der Waals surface area contributed by atoms with E-state index >= 15 is 0 Å². The number of phenolic OH excluding ortho intramolecular Hbond substituents is 1. The van der Waals surface area contributed by atoms with Crippen molar-refractivity contribution in [2.75, 3.05) is 6.61 Å². The molecule has 80 valence electrons. The van der Waals surface area contributed by atoms with Crippen molar-refractivity contribution < 1.29 is 19.0 Å². The molecule has 0 fully saturated rings. The third-order valence-electron chi connectivity index (χ3n) is 1.67. The first-order valence-electron chi connectivity index (χ1n) is 4.47. The highest BCUT2D eigenvalue weighted by molar-refractivity contribution is 5.87. The number of benzene rings is 1. The summed E-state index contributed by atoms with van der Waals surface area (Å²) in [5.41, 5.74) is 0.485. The number of aromatic hydroxyl groups is 1. The maximum absolute atomic E-state index is 12.9. The summed E-state index contributed by atoms with van der Waals surface area (Å²) < 4.78 is 17.5. The normalized spacial score (nSPS) is 10.5. The molecule has 0 saturated carbocycles. The van der Waals surface area contributed by atoms with Crippen LogP contribution in [0.5, 0.6) is 5.75 Å². The second-order valence-electron chi connectivity index (χ2n) is 2.80. The third kappa shape index (κ3) is 3.42. The Balaban J connectivity index is 2.72. The van der Waals surface area contributed by atoms with Gasteiger partial charge >= 0.3 is 5.97 Å². The van der Waals surface area contributed by atoms with Crippen LogP contribution in [-0.4, -0.2) is 17.7 Å². The zero-order valence-corrected chi connectivity index (χ0v) is 8.24. The van der Waals surface area contributed by atoms with Crippen LogP contribution >= 0.6 is 0 Å². The van der Waals surface area contributed by atoms with Gasteiger partial charge in [0.05, 0.1) is 6.61 Å². The average molecular weight is 210 g/mol. The SMILES string of the molecule is CCOC(=O)C=Cc1ccc(O)c(F)c1. The molecular formula is C11H11FO3. The van der Waals surface area contributed by atoms with Crippen LogP contribution < -0.4 is 0 Å². The van der Waals surface area contributed by atoms with Crippen molar-refractivity contribution in [3.63, 3.8) is 0 Å². The average Bonchev–Trinajstić information content (AvgIpc) is 2.20. The molecule has 0 radical (unpaired) electrons. The van der Waals surface area contributed by atoms with Gasteiger partial charge in [0.2, 0.25) is 0 Å². The van der Waals surface area contributed by atoms with Crippen LogP contribution in [0.1, 0.15) is 12.5 Å². The standard InChI is InChI=1S/C11H11FO3/c1-2-15-11(14)6-4-8-3-5-10(13)9(12)7-8/h3-7,13H,2H2,1H3. The van der Waals surface area contributed by atoms with E-state index in [1.807, 2.05) is 0 Å². The van der Waals surface area contributed by atoms with Crippen LogP contribution in [0.2, 0.25) is 0 Å². The maximum atomic E-state index is 12.9. The molecule has 1 N–H and O–H groups in total. The fraction of sp³-hybridized carbons (Fsp3) is 0.182. The van der Waals surface area contributed by atoms with Crippen LogP contribution in [0.25, 0.3) is 6.08 Å². The quantitative estimate of drug-likeness (QED) is 0.614. The Morgan fingerprint density at radius 2 is 2.33 bits per heavy atom. The van der Waals surface area contributed by atoms with Gasteiger partial charge in [-0.25, -0.2) is 9.18 Å². The van der Waals surface area contributed by atoms with Gasteiger partial charge < -0.3 is 9.84 Å². The molecule has 0 aliphatic heterocycles. The summed E-state index contributed by atoms with van der Waals surface area (Å²) in [5.74, 6) is -1.62. The van der Waals surface area contributed by atoms with E-state index in [4.69, 9.17) is 5.11 Å². The van der Waals surface area contributed by atoms with E-state index < -0.39 is 17.5 Å². The van der Waals surface area contributed by atoms with E-state index in [0.29, 0.717) is 12.2 Å². The number of carbonyl (C=O) groups is 1. The molecule has 0 atom stereocenters. The van der Waals surface area contributed by atoms with Gasteiger partial charge in [0.25, 0.3) is 0 Å². The van der Waals surface area contributed by atoms with Crippen LogP contribution in [0.3, 0.4) is 0 Å². The number of esters is 1. The number of carbonyl (C=O) groups excluding carboxylic acids is 1. The molecule has 1 rings (SSSR count). The highest BCUT2D eigenvalue weighted by atomic mass is 19.1. The first-order chi connectivity index (χ1) is 7.13. The minimum Gasteiger partial charge on any atom is -0.505 e. The van der Waals surface area contributed by atoms with Crippen LogP contribution in [0.4, 0.5) is 4.39 Å². The largest absolute Gasteiger partial charge is 0.505 e. The Kier molecular flexibility index (Phi) is 3.85. The summed E-state index contributed by atoms with van der Waals surface area (Å²) in [4.78, 5) is 10.9. The molecule has 0 spiro atoms. The topological polar surface area (TPSA) is 46.5 Å². The fourth-order valence-electron chi connectivity index (χ4n) is 0.981. The number of phenols is 1. The Hall–Kier alpha value is -1.84. The first-order valence-corrected chi connectivity index (χ1v) is 4.47. The Morgan fingerprint density at radius 3 is 2.93 bits per heavy atom. The maximum Gasteiger partial charge on any atom is 0.330 e. The van der Waals surface area contributed by atoms with Crippen molar-refractivity contribution in [3.8, 4) is 5.75 Å². The zero-order chi connectivity index (χ0) is 11.3. The van der Waals surface area contributed by atoms with Crippen molar-refractivity contribution in [3.05, 3.63) is 35.7 Å². The van der Waals surface area contributed by atoms with E-state index in [1.165, 1.54) is 24.3 Å². The van der Waals surface area contributed by atoms with Gasteiger partial charge in [-0.2, -0.15) is 0 Å². The predicted molar refractivity (Wildman–Crippen MR) is 53.7 cm³/mol. The Morgan fingerprint density at radius 1 is 1.60 bits per heavy atom. The number of rotatable bonds is 3. The van der Waals surface area contributed by atoms with Gasteiger partial charge in [-0.1, -0.05) is 6.07 Å². The van der Waals surface area contributed by atoms with Crippen molar-refractivity contribution in [1.29, 1.82) is 0 Å². The molecule has 0 unspecified atom stereocenters. The minimum absolute atomic E-state index is 0.299. The molecule has 0 heterocycles. The molecule has 0 saturated heterocycles. The lowest BCUT2D eigenvalue weighted by Crippen LogP contribution is -1.98. The van der Waals surface area contributed by atoms with E-state index in [1.54, 1.807) is 6.92 Å². The van der Waals surface area contributed by atoms with E-state index in [2.05, 4.69) is 4.74 Å². The lowest BCUT2D eigenvalue weighted by molar-refractivity contribution is -0.137. The lowest BCUT2D eigenvalue weighted by atomic mass is 10.2. The second-order valence-corrected chi connectivity index (χ2v) is 2.80. The fourth-order valence-corrected chi connectivity index (χ4v) is 0.981. The van der Waals surface area contributed by atoms with Crippen molar-refractivity contribution in [1.82, 2.24) is 0 Å². The van der Waals surface area contributed by atoms with E-state index in [-0.39, 0.29) is 0 Å². The summed E-state index contributed by atoms with van der Waals surface area (Å²) in [6.45, 7) is 2.00. The smallest absolute Gasteiger partial charge is 0.330 e. The Bertz CT molecular complexity index is 385. The molecule has 1 aromatic carbocycles. The number of hydrogen-bond acceptors (Lipinski definition) is 3.